The molecule has 0 bridgehead atoms. The Morgan fingerprint density at radius 3 is 2.48 bits per heavy atom. The van der Waals surface area contributed by atoms with Crippen molar-refractivity contribution in [3.8, 4) is 11.1 Å². The zero-order valence-corrected chi connectivity index (χ0v) is 23.1. The number of aryl methyl sites for hydroxylation is 1. The number of benzene rings is 2. The van der Waals surface area contributed by atoms with E-state index in [1.54, 1.807) is 0 Å². The number of likely N-dealkylation sites (tertiary alicyclic amines) is 2. The molecular formula is C31H36N6O3. The molecule has 0 unspecified atom stereocenters. The van der Waals surface area contributed by atoms with Gasteiger partial charge < -0.3 is 14.5 Å². The number of hydrogen-bond donors (Lipinski definition) is 0. The van der Waals surface area contributed by atoms with Gasteiger partial charge in [-0.3, -0.25) is 19.4 Å². The molecule has 7 rings (SSSR count). The third-order valence-electron chi connectivity index (χ3n) is 9.14. The van der Waals surface area contributed by atoms with E-state index in [-0.39, 0.29) is 17.9 Å². The van der Waals surface area contributed by atoms with E-state index < -0.39 is 5.54 Å². The number of carbonyl (C=O) groups is 2. The summed E-state index contributed by atoms with van der Waals surface area (Å²) in [5.41, 5.74) is 3.55. The van der Waals surface area contributed by atoms with Gasteiger partial charge >= 0.3 is 6.03 Å². The molecule has 9 heteroatoms. The van der Waals surface area contributed by atoms with Crippen molar-refractivity contribution in [2.24, 2.45) is 18.0 Å². The SMILES string of the molecule is Cn1ncc2cc(-c3ccc(C4=NC5(CCOCC5)C(=O)N4C[C@@H]4CCN(C(=O)N5CCCC5)C4)cc3)ccc21. The highest BCUT2D eigenvalue weighted by molar-refractivity contribution is 6.15. The van der Waals surface area contributed by atoms with Gasteiger partial charge in [-0.15, -0.1) is 0 Å². The molecule has 9 nitrogen and oxygen atoms in total. The lowest BCUT2D eigenvalue weighted by Crippen LogP contribution is -2.47. The first kappa shape index (κ1) is 25.3. The Balaban J connectivity index is 1.13. The molecule has 0 aliphatic carbocycles. The number of nitrogens with zero attached hydrogens (tertiary/aromatic N) is 6. The lowest BCUT2D eigenvalue weighted by Gasteiger charge is -2.30. The summed E-state index contributed by atoms with van der Waals surface area (Å²) in [6.07, 6.45) is 6.20. The lowest BCUT2D eigenvalue weighted by atomic mass is 9.90. The van der Waals surface area contributed by atoms with E-state index in [9.17, 15) is 9.59 Å². The second kappa shape index (κ2) is 10.0. The van der Waals surface area contributed by atoms with Crippen molar-refractivity contribution in [3.63, 3.8) is 0 Å². The molecule has 2 aromatic carbocycles. The largest absolute Gasteiger partial charge is 0.381 e. The third-order valence-corrected chi connectivity index (χ3v) is 9.14. The van der Waals surface area contributed by atoms with Crippen LogP contribution in [-0.2, 0) is 16.6 Å². The van der Waals surface area contributed by atoms with E-state index in [1.165, 1.54) is 0 Å². The van der Waals surface area contributed by atoms with Crippen LogP contribution < -0.4 is 0 Å². The number of aliphatic imine (C=N–C) groups is 1. The molecule has 4 aliphatic rings. The summed E-state index contributed by atoms with van der Waals surface area (Å²) >= 11 is 0. The van der Waals surface area contributed by atoms with E-state index in [4.69, 9.17) is 9.73 Å². The molecule has 4 aliphatic heterocycles. The van der Waals surface area contributed by atoms with Crippen LogP contribution in [0.1, 0.15) is 37.7 Å². The molecule has 3 saturated heterocycles. The van der Waals surface area contributed by atoms with Crippen LogP contribution in [0.5, 0.6) is 0 Å². The van der Waals surface area contributed by atoms with Crippen LogP contribution in [0.2, 0.25) is 0 Å². The molecule has 40 heavy (non-hydrogen) atoms. The van der Waals surface area contributed by atoms with Gasteiger partial charge in [0, 0.05) is 76.8 Å². The predicted molar refractivity (Wildman–Crippen MR) is 153 cm³/mol. The summed E-state index contributed by atoms with van der Waals surface area (Å²) in [6.45, 7) is 4.85. The van der Waals surface area contributed by atoms with E-state index in [0.29, 0.717) is 39.1 Å². The molecule has 1 spiro atoms. The fraction of sp³-hybridized carbons (Fsp3) is 0.484. The van der Waals surface area contributed by atoms with Gasteiger partial charge in [0.2, 0.25) is 0 Å². The molecule has 1 atom stereocenters. The van der Waals surface area contributed by atoms with Crippen LogP contribution >= 0.6 is 0 Å². The smallest absolute Gasteiger partial charge is 0.320 e. The average molecular weight is 541 g/mol. The van der Waals surface area contributed by atoms with Crippen LogP contribution in [0, 0.1) is 5.92 Å². The van der Waals surface area contributed by atoms with Crippen LogP contribution in [0.3, 0.4) is 0 Å². The number of hydrogen-bond acceptors (Lipinski definition) is 5. The van der Waals surface area contributed by atoms with E-state index in [0.717, 1.165) is 72.3 Å². The van der Waals surface area contributed by atoms with Crippen molar-refractivity contribution in [2.45, 2.75) is 37.6 Å². The summed E-state index contributed by atoms with van der Waals surface area (Å²) in [6, 6.07) is 14.9. The molecule has 5 heterocycles. The molecule has 0 radical (unpaired) electrons. The van der Waals surface area contributed by atoms with E-state index in [2.05, 4.69) is 47.6 Å². The second-order valence-corrected chi connectivity index (χ2v) is 11.7. The minimum Gasteiger partial charge on any atom is -0.381 e. The number of rotatable bonds is 4. The maximum Gasteiger partial charge on any atom is 0.320 e. The number of aromatic nitrogens is 2. The highest BCUT2D eigenvalue weighted by Crippen LogP contribution is 2.36. The van der Waals surface area contributed by atoms with Gasteiger partial charge in [0.1, 0.15) is 11.4 Å². The summed E-state index contributed by atoms with van der Waals surface area (Å²) in [4.78, 5) is 37.9. The summed E-state index contributed by atoms with van der Waals surface area (Å²) < 4.78 is 7.48. The number of urea groups is 1. The zero-order chi connectivity index (χ0) is 27.3. The van der Waals surface area contributed by atoms with Gasteiger partial charge in [-0.05, 0) is 48.4 Å². The Kier molecular flexibility index (Phi) is 6.34. The first-order valence-corrected chi connectivity index (χ1v) is 14.6. The fourth-order valence-corrected chi connectivity index (χ4v) is 6.76. The standard InChI is InChI=1S/C31H36N6O3/c1-34-27-9-8-25(18-26(27)19-32-34)23-4-6-24(7-5-23)28-33-31(11-16-40-17-12-31)29(38)37(28)21-22-10-15-36(20-22)30(39)35-13-2-3-14-35/h4-9,18-19,22H,2-3,10-17,20-21H2,1H3/t22-/m1/s1. The van der Waals surface area contributed by atoms with Crippen molar-refractivity contribution in [2.75, 3.05) is 45.9 Å². The normalized spacial score (nSPS) is 22.6. The van der Waals surface area contributed by atoms with E-state index in [1.807, 2.05) is 32.6 Å². The Morgan fingerprint density at radius 2 is 1.70 bits per heavy atom. The van der Waals surface area contributed by atoms with Crippen LogP contribution in [-0.4, -0.2) is 93.7 Å². The van der Waals surface area contributed by atoms with Gasteiger partial charge in [0.15, 0.2) is 0 Å². The number of carbonyl (C=O) groups excluding carboxylic acids is 2. The van der Waals surface area contributed by atoms with Gasteiger partial charge in [-0.2, -0.15) is 5.10 Å². The minimum atomic E-state index is -0.735. The Hall–Kier alpha value is -3.72. The molecule has 1 aromatic heterocycles. The summed E-state index contributed by atoms with van der Waals surface area (Å²) in [5.74, 6) is 1.08. The number of fused-ring (bicyclic) bond motifs is 1. The average Bonchev–Trinajstić information content (AvgIpc) is 3.80. The highest BCUT2D eigenvalue weighted by Gasteiger charge is 2.50. The quantitative estimate of drug-likeness (QED) is 0.502. The topological polar surface area (TPSA) is 83.3 Å². The molecule has 3 aromatic rings. The molecule has 0 N–H and O–H groups in total. The monoisotopic (exact) mass is 540 g/mol. The van der Waals surface area contributed by atoms with Gasteiger partial charge in [0.25, 0.3) is 5.91 Å². The minimum absolute atomic E-state index is 0.0845. The molecule has 208 valence electrons. The molecule has 0 saturated carbocycles. The summed E-state index contributed by atoms with van der Waals surface area (Å²) in [7, 11) is 1.95. The van der Waals surface area contributed by atoms with Crippen LogP contribution in [0.15, 0.2) is 53.7 Å². The number of amidine groups is 1. The van der Waals surface area contributed by atoms with Crippen molar-refractivity contribution in [1.82, 2.24) is 24.5 Å². The summed E-state index contributed by atoms with van der Waals surface area (Å²) in [5, 5.41) is 5.47. The van der Waals surface area contributed by atoms with E-state index >= 15 is 0 Å². The van der Waals surface area contributed by atoms with Crippen molar-refractivity contribution in [3.05, 3.63) is 54.2 Å². The zero-order valence-electron chi connectivity index (χ0n) is 23.1. The van der Waals surface area contributed by atoms with Gasteiger partial charge in [0.05, 0.1) is 11.7 Å². The van der Waals surface area contributed by atoms with Crippen molar-refractivity contribution >= 4 is 28.7 Å². The maximum absolute atomic E-state index is 14.0. The molecular weight excluding hydrogens is 504 g/mol. The number of ether oxygens (including phenoxy) is 1. The third kappa shape index (κ3) is 4.36. The Morgan fingerprint density at radius 1 is 0.975 bits per heavy atom. The fourth-order valence-electron chi connectivity index (χ4n) is 6.76. The molecule has 3 fully saturated rings. The lowest BCUT2D eigenvalue weighted by molar-refractivity contribution is -0.134. The first-order chi connectivity index (χ1) is 19.5. The highest BCUT2D eigenvalue weighted by atomic mass is 16.5. The Bertz CT molecular complexity index is 1470. The Labute approximate surface area is 234 Å². The van der Waals surface area contributed by atoms with Gasteiger partial charge in [-0.25, -0.2) is 4.79 Å². The molecule has 3 amide bonds. The first-order valence-electron chi connectivity index (χ1n) is 14.6. The predicted octanol–water partition coefficient (Wildman–Crippen LogP) is 3.92. The van der Waals surface area contributed by atoms with Crippen LogP contribution in [0.25, 0.3) is 22.0 Å². The van der Waals surface area contributed by atoms with Gasteiger partial charge in [-0.1, -0.05) is 30.3 Å². The van der Waals surface area contributed by atoms with Crippen molar-refractivity contribution < 1.29 is 14.3 Å². The maximum atomic E-state index is 14.0. The van der Waals surface area contributed by atoms with Crippen molar-refractivity contribution in [1.29, 1.82) is 0 Å². The number of amides is 3. The van der Waals surface area contributed by atoms with Crippen LogP contribution in [0.4, 0.5) is 4.79 Å². The second-order valence-electron chi connectivity index (χ2n) is 11.7.